The predicted molar refractivity (Wildman–Crippen MR) is 71.6 cm³/mol. The fourth-order valence-corrected chi connectivity index (χ4v) is 2.09. The standard InChI is InChI=1S/C15H16N2O/c1-2-10-3-5-11(6-4-10)13-9-14(18)17-15(16-13)12-7-8-12/h3-6,9,12H,2,7-8H2,1H3,(H,16,17,18). The first-order valence-electron chi connectivity index (χ1n) is 6.47. The van der Waals surface area contributed by atoms with Crippen molar-refractivity contribution in [3.8, 4) is 11.3 Å². The number of rotatable bonds is 3. The Morgan fingerprint density at radius 1 is 1.28 bits per heavy atom. The molecule has 92 valence electrons. The van der Waals surface area contributed by atoms with E-state index in [2.05, 4.69) is 29.0 Å². The van der Waals surface area contributed by atoms with Crippen molar-refractivity contribution in [2.75, 3.05) is 0 Å². The Morgan fingerprint density at radius 2 is 2.00 bits per heavy atom. The Hall–Kier alpha value is -1.90. The van der Waals surface area contributed by atoms with E-state index in [9.17, 15) is 4.79 Å². The van der Waals surface area contributed by atoms with Gasteiger partial charge in [-0.15, -0.1) is 0 Å². The molecule has 0 bridgehead atoms. The van der Waals surface area contributed by atoms with Gasteiger partial charge < -0.3 is 4.98 Å². The molecule has 0 amide bonds. The first-order chi connectivity index (χ1) is 8.76. The van der Waals surface area contributed by atoms with Crippen molar-refractivity contribution >= 4 is 0 Å². The molecule has 1 aromatic carbocycles. The number of aromatic nitrogens is 2. The van der Waals surface area contributed by atoms with Gasteiger partial charge in [-0.05, 0) is 24.8 Å². The molecule has 3 nitrogen and oxygen atoms in total. The minimum absolute atomic E-state index is 0.0542. The molecule has 0 unspecified atom stereocenters. The van der Waals surface area contributed by atoms with Gasteiger partial charge in [0.15, 0.2) is 0 Å². The third-order valence-electron chi connectivity index (χ3n) is 3.38. The Morgan fingerprint density at radius 3 is 2.61 bits per heavy atom. The van der Waals surface area contributed by atoms with E-state index in [1.165, 1.54) is 5.56 Å². The first kappa shape index (κ1) is 11.2. The highest BCUT2D eigenvalue weighted by Gasteiger charge is 2.26. The summed E-state index contributed by atoms with van der Waals surface area (Å²) in [4.78, 5) is 19.0. The van der Waals surface area contributed by atoms with E-state index in [1.807, 2.05) is 12.1 Å². The summed E-state index contributed by atoms with van der Waals surface area (Å²) >= 11 is 0. The minimum Gasteiger partial charge on any atom is -0.310 e. The first-order valence-corrected chi connectivity index (χ1v) is 6.47. The van der Waals surface area contributed by atoms with Crippen LogP contribution in [0.4, 0.5) is 0 Å². The van der Waals surface area contributed by atoms with Crippen LogP contribution < -0.4 is 5.56 Å². The molecule has 2 aromatic rings. The molecule has 1 N–H and O–H groups in total. The Kier molecular flexibility index (Phi) is 2.74. The third kappa shape index (κ3) is 2.21. The largest absolute Gasteiger partial charge is 0.310 e. The van der Waals surface area contributed by atoms with Crippen molar-refractivity contribution in [2.45, 2.75) is 32.1 Å². The van der Waals surface area contributed by atoms with Gasteiger partial charge in [0.05, 0.1) is 5.69 Å². The fraction of sp³-hybridized carbons (Fsp3) is 0.333. The number of aromatic amines is 1. The molecule has 1 aliphatic rings. The Balaban J connectivity index is 2.01. The zero-order chi connectivity index (χ0) is 12.5. The highest BCUT2D eigenvalue weighted by Crippen LogP contribution is 2.37. The lowest BCUT2D eigenvalue weighted by Gasteiger charge is -2.04. The molecule has 0 aliphatic heterocycles. The van der Waals surface area contributed by atoms with Gasteiger partial charge in [-0.1, -0.05) is 31.2 Å². The highest BCUT2D eigenvalue weighted by atomic mass is 16.1. The van der Waals surface area contributed by atoms with Gasteiger partial charge in [0.1, 0.15) is 5.82 Å². The number of hydrogen-bond donors (Lipinski definition) is 1. The van der Waals surface area contributed by atoms with E-state index in [4.69, 9.17) is 0 Å². The maximum Gasteiger partial charge on any atom is 0.251 e. The van der Waals surface area contributed by atoms with E-state index < -0.39 is 0 Å². The lowest BCUT2D eigenvalue weighted by Crippen LogP contribution is -2.10. The average Bonchev–Trinajstić information content (AvgIpc) is 3.22. The molecule has 0 radical (unpaired) electrons. The summed E-state index contributed by atoms with van der Waals surface area (Å²) in [5, 5.41) is 0. The van der Waals surface area contributed by atoms with Crippen LogP contribution in [0.25, 0.3) is 11.3 Å². The van der Waals surface area contributed by atoms with Crippen molar-refractivity contribution in [3.05, 3.63) is 52.1 Å². The maximum atomic E-state index is 11.6. The molecule has 0 atom stereocenters. The molecule has 1 fully saturated rings. The van der Waals surface area contributed by atoms with Crippen molar-refractivity contribution in [1.82, 2.24) is 9.97 Å². The van der Waals surface area contributed by atoms with E-state index in [1.54, 1.807) is 6.07 Å². The summed E-state index contributed by atoms with van der Waals surface area (Å²) in [7, 11) is 0. The van der Waals surface area contributed by atoms with Gasteiger partial charge in [-0.25, -0.2) is 4.98 Å². The zero-order valence-electron chi connectivity index (χ0n) is 10.4. The number of aryl methyl sites for hydroxylation is 1. The third-order valence-corrected chi connectivity index (χ3v) is 3.38. The van der Waals surface area contributed by atoms with Crippen LogP contribution in [0.15, 0.2) is 35.1 Å². The molecule has 0 spiro atoms. The predicted octanol–water partition coefficient (Wildman–Crippen LogP) is 2.88. The van der Waals surface area contributed by atoms with E-state index in [0.29, 0.717) is 5.92 Å². The van der Waals surface area contributed by atoms with Crippen LogP contribution in [-0.4, -0.2) is 9.97 Å². The smallest absolute Gasteiger partial charge is 0.251 e. The minimum atomic E-state index is -0.0542. The molecule has 3 rings (SSSR count). The summed E-state index contributed by atoms with van der Waals surface area (Å²) in [5.74, 6) is 1.31. The number of nitrogens with zero attached hydrogens (tertiary/aromatic N) is 1. The van der Waals surface area contributed by atoms with Crippen LogP contribution in [0.5, 0.6) is 0 Å². The second-order valence-electron chi connectivity index (χ2n) is 4.84. The van der Waals surface area contributed by atoms with Gasteiger partial charge >= 0.3 is 0 Å². The van der Waals surface area contributed by atoms with Crippen molar-refractivity contribution in [3.63, 3.8) is 0 Å². The molecular weight excluding hydrogens is 224 g/mol. The lowest BCUT2D eigenvalue weighted by atomic mass is 10.1. The van der Waals surface area contributed by atoms with Crippen LogP contribution in [0.1, 0.15) is 37.1 Å². The van der Waals surface area contributed by atoms with Crippen LogP contribution in [0.3, 0.4) is 0 Å². The van der Waals surface area contributed by atoms with E-state index in [-0.39, 0.29) is 5.56 Å². The molecule has 0 saturated heterocycles. The molecule has 18 heavy (non-hydrogen) atoms. The fourth-order valence-electron chi connectivity index (χ4n) is 2.09. The van der Waals surface area contributed by atoms with Crippen molar-refractivity contribution in [2.24, 2.45) is 0 Å². The second-order valence-corrected chi connectivity index (χ2v) is 4.84. The topological polar surface area (TPSA) is 45.8 Å². The summed E-state index contributed by atoms with van der Waals surface area (Å²) in [6.45, 7) is 2.13. The van der Waals surface area contributed by atoms with Crippen molar-refractivity contribution in [1.29, 1.82) is 0 Å². The summed E-state index contributed by atoms with van der Waals surface area (Å²) in [6.07, 6.45) is 3.30. The molecule has 1 aliphatic carbocycles. The van der Waals surface area contributed by atoms with Crippen LogP contribution in [-0.2, 0) is 6.42 Å². The van der Waals surface area contributed by atoms with Gasteiger partial charge in [-0.2, -0.15) is 0 Å². The lowest BCUT2D eigenvalue weighted by molar-refractivity contribution is 0.912. The molecule has 1 saturated carbocycles. The molecule has 1 aromatic heterocycles. The number of nitrogens with one attached hydrogen (secondary N) is 1. The van der Waals surface area contributed by atoms with Gasteiger partial charge in [0.2, 0.25) is 0 Å². The highest BCUT2D eigenvalue weighted by molar-refractivity contribution is 5.59. The normalized spacial score (nSPS) is 14.7. The van der Waals surface area contributed by atoms with Crippen LogP contribution in [0.2, 0.25) is 0 Å². The van der Waals surface area contributed by atoms with Crippen LogP contribution in [0, 0.1) is 0 Å². The number of benzene rings is 1. The van der Waals surface area contributed by atoms with Gasteiger partial charge in [-0.3, -0.25) is 4.79 Å². The van der Waals surface area contributed by atoms with Crippen LogP contribution >= 0.6 is 0 Å². The summed E-state index contributed by atoms with van der Waals surface area (Å²) < 4.78 is 0. The molecule has 3 heteroatoms. The van der Waals surface area contributed by atoms with E-state index >= 15 is 0 Å². The monoisotopic (exact) mass is 240 g/mol. The zero-order valence-corrected chi connectivity index (χ0v) is 10.4. The second kappa shape index (κ2) is 4.41. The molecular formula is C15H16N2O. The summed E-state index contributed by atoms with van der Waals surface area (Å²) in [6, 6.07) is 9.84. The quantitative estimate of drug-likeness (QED) is 0.896. The Bertz CT molecular complexity index is 609. The van der Waals surface area contributed by atoms with Crippen molar-refractivity contribution < 1.29 is 0 Å². The van der Waals surface area contributed by atoms with E-state index in [0.717, 1.165) is 36.3 Å². The number of hydrogen-bond acceptors (Lipinski definition) is 2. The average molecular weight is 240 g/mol. The Labute approximate surface area is 106 Å². The van der Waals surface area contributed by atoms with Gasteiger partial charge in [0.25, 0.3) is 5.56 Å². The maximum absolute atomic E-state index is 11.6. The molecule has 1 heterocycles. The summed E-state index contributed by atoms with van der Waals surface area (Å²) in [5.41, 5.74) is 3.04. The SMILES string of the molecule is CCc1ccc(-c2cc(=O)[nH]c(C3CC3)n2)cc1. The van der Waals surface area contributed by atoms with Gasteiger partial charge in [0, 0.05) is 17.5 Å². The number of H-pyrrole nitrogens is 1.